The summed E-state index contributed by atoms with van der Waals surface area (Å²) in [5.74, 6) is 0.820. The molecule has 1 unspecified atom stereocenters. The average molecular weight is 393 g/mol. The van der Waals surface area contributed by atoms with Crippen molar-refractivity contribution in [3.8, 4) is 0 Å². The minimum absolute atomic E-state index is 0.142. The fourth-order valence-electron chi connectivity index (χ4n) is 4.86. The first kappa shape index (κ1) is 19.7. The molecule has 1 aromatic rings. The quantitative estimate of drug-likeness (QED) is 0.743. The van der Waals surface area contributed by atoms with Gasteiger partial charge in [-0.05, 0) is 43.4 Å². The molecule has 154 valence electrons. The molecule has 0 radical (unpaired) electrons. The topological polar surface area (TPSA) is 28.2 Å². The van der Waals surface area contributed by atoms with Crippen molar-refractivity contribution in [1.29, 1.82) is 0 Å². The summed E-state index contributed by atoms with van der Waals surface area (Å²) < 4.78 is 39.5. The number of nitrogens with zero attached hydrogens (tertiary/aromatic N) is 2. The predicted molar refractivity (Wildman–Crippen MR) is 104 cm³/mol. The monoisotopic (exact) mass is 393 g/mol. The highest BCUT2D eigenvalue weighted by Gasteiger charge is 2.44. The minimum Gasteiger partial charge on any atom is -0.370 e. The van der Waals surface area contributed by atoms with Crippen molar-refractivity contribution in [2.24, 2.45) is 11.3 Å². The Bertz CT molecular complexity index is 731. The van der Waals surface area contributed by atoms with Crippen molar-refractivity contribution in [2.75, 3.05) is 19.6 Å². The molecule has 6 heteroatoms. The van der Waals surface area contributed by atoms with Crippen molar-refractivity contribution < 1.29 is 13.2 Å². The Balaban J connectivity index is 1.63. The number of hydrogen-bond acceptors (Lipinski definition) is 3. The second-order valence-electron chi connectivity index (χ2n) is 8.73. The number of hydrogen-bond donors (Lipinski definition) is 1. The second-order valence-corrected chi connectivity index (χ2v) is 8.73. The van der Waals surface area contributed by atoms with E-state index in [1.165, 1.54) is 31.0 Å². The first-order valence-electron chi connectivity index (χ1n) is 10.6. The van der Waals surface area contributed by atoms with E-state index in [4.69, 9.17) is 0 Å². The number of allylic oxidation sites excluding steroid dienone is 1. The zero-order chi connectivity index (χ0) is 19.8. The molecule has 0 spiro atoms. The Hall–Kier alpha value is -1.56. The maximum absolute atomic E-state index is 13.2. The Kier molecular flexibility index (Phi) is 5.43. The van der Waals surface area contributed by atoms with Crippen molar-refractivity contribution in [1.82, 2.24) is 15.2 Å². The maximum atomic E-state index is 13.2. The molecule has 3 aliphatic rings. The number of alkyl halides is 3. The van der Waals surface area contributed by atoms with Crippen LogP contribution in [0.5, 0.6) is 0 Å². The average Bonchev–Trinajstić information content (AvgIpc) is 3.35. The summed E-state index contributed by atoms with van der Waals surface area (Å²) in [6, 6.07) is 1.31. The van der Waals surface area contributed by atoms with Gasteiger partial charge in [0.1, 0.15) is 0 Å². The van der Waals surface area contributed by atoms with Gasteiger partial charge >= 0.3 is 6.18 Å². The fraction of sp³-hybridized carbons (Fsp3) is 0.682. The van der Waals surface area contributed by atoms with E-state index in [0.29, 0.717) is 13.0 Å². The van der Waals surface area contributed by atoms with E-state index in [0.717, 1.165) is 62.3 Å². The number of halogens is 3. The fourth-order valence-corrected chi connectivity index (χ4v) is 4.86. The van der Waals surface area contributed by atoms with Gasteiger partial charge in [-0.25, -0.2) is 0 Å². The van der Waals surface area contributed by atoms with Crippen LogP contribution in [0.25, 0.3) is 0 Å². The van der Waals surface area contributed by atoms with Crippen LogP contribution < -0.4 is 5.32 Å². The van der Waals surface area contributed by atoms with Gasteiger partial charge in [-0.1, -0.05) is 32.3 Å². The van der Waals surface area contributed by atoms with Crippen molar-refractivity contribution in [3.05, 3.63) is 40.9 Å². The van der Waals surface area contributed by atoms with Crippen molar-refractivity contribution in [3.63, 3.8) is 0 Å². The normalized spacial score (nSPS) is 25.9. The molecule has 3 heterocycles. The lowest BCUT2D eigenvalue weighted by atomic mass is 9.76. The van der Waals surface area contributed by atoms with Gasteiger partial charge in [0.15, 0.2) is 0 Å². The molecular formula is C22H30F3N3. The largest absolute Gasteiger partial charge is 0.417 e. The molecule has 4 rings (SSSR count). The number of unbranched alkanes of at least 4 members (excludes halogenated alkanes) is 1. The van der Waals surface area contributed by atoms with E-state index in [9.17, 15) is 13.2 Å². The van der Waals surface area contributed by atoms with Crippen molar-refractivity contribution in [2.45, 2.75) is 64.6 Å². The van der Waals surface area contributed by atoms with Crippen LogP contribution in [0.1, 0.15) is 62.3 Å². The van der Waals surface area contributed by atoms with Crippen LogP contribution in [0.3, 0.4) is 0 Å². The third-order valence-electron chi connectivity index (χ3n) is 6.50. The first-order valence-corrected chi connectivity index (χ1v) is 10.6. The zero-order valence-corrected chi connectivity index (χ0v) is 16.6. The molecule has 28 heavy (non-hydrogen) atoms. The lowest BCUT2D eigenvalue weighted by Gasteiger charge is -2.42. The van der Waals surface area contributed by atoms with Crippen LogP contribution in [0, 0.1) is 11.3 Å². The molecule has 0 aromatic carbocycles. The highest BCUT2D eigenvalue weighted by Crippen LogP contribution is 2.49. The third-order valence-corrected chi connectivity index (χ3v) is 6.50. The summed E-state index contributed by atoms with van der Waals surface area (Å²) >= 11 is 0. The molecule has 1 aromatic heterocycles. The number of rotatable bonds is 6. The van der Waals surface area contributed by atoms with E-state index >= 15 is 0 Å². The molecule has 0 bridgehead atoms. The summed E-state index contributed by atoms with van der Waals surface area (Å²) in [5.41, 5.74) is 2.43. The molecular weight excluding hydrogens is 363 g/mol. The van der Waals surface area contributed by atoms with Crippen LogP contribution >= 0.6 is 0 Å². The lowest BCUT2D eigenvalue weighted by Crippen LogP contribution is -2.40. The van der Waals surface area contributed by atoms with Gasteiger partial charge in [0.25, 0.3) is 0 Å². The Morgan fingerprint density at radius 2 is 2.21 bits per heavy atom. The first-order chi connectivity index (χ1) is 13.4. The van der Waals surface area contributed by atoms with Gasteiger partial charge in [0, 0.05) is 49.1 Å². The zero-order valence-electron chi connectivity index (χ0n) is 16.6. The summed E-state index contributed by atoms with van der Waals surface area (Å²) in [4.78, 5) is 6.49. The molecule has 1 atom stereocenters. The van der Waals surface area contributed by atoms with Crippen molar-refractivity contribution >= 4 is 0 Å². The van der Waals surface area contributed by atoms with E-state index in [2.05, 4.69) is 28.2 Å². The van der Waals surface area contributed by atoms with E-state index in [-0.39, 0.29) is 5.41 Å². The second kappa shape index (κ2) is 7.69. The van der Waals surface area contributed by atoms with Gasteiger partial charge in [-0.3, -0.25) is 4.98 Å². The molecule has 2 fully saturated rings. The van der Waals surface area contributed by atoms with Gasteiger partial charge in [-0.2, -0.15) is 13.2 Å². The Labute approximate surface area is 165 Å². The summed E-state index contributed by atoms with van der Waals surface area (Å²) in [5, 5.41) is 3.56. The summed E-state index contributed by atoms with van der Waals surface area (Å²) in [6.07, 6.45) is 6.82. The number of pyridine rings is 1. The molecule has 1 saturated carbocycles. The van der Waals surface area contributed by atoms with E-state index in [1.807, 2.05) is 0 Å². The SMILES string of the molecule is CCC/C=C(/N1CCc2ncc(C(F)(F)F)cc2C1)C1(CC2CC2)CCNC1. The Morgan fingerprint density at radius 3 is 2.86 bits per heavy atom. The molecule has 1 N–H and O–H groups in total. The van der Waals surface area contributed by atoms with Crippen LogP contribution in [0.4, 0.5) is 13.2 Å². The summed E-state index contributed by atoms with van der Waals surface area (Å²) in [7, 11) is 0. The standard InChI is InChI=1S/C22H30F3N3/c1-2-3-4-20(21(8-9-26-15-21)12-16-5-6-16)28-10-7-19-17(14-28)11-18(13-27-19)22(23,24)25/h4,11,13,16,26H,2-3,5-10,12,14-15H2,1H3/b20-4+. The number of aromatic nitrogens is 1. The molecule has 3 nitrogen and oxygen atoms in total. The smallest absolute Gasteiger partial charge is 0.370 e. The maximum Gasteiger partial charge on any atom is 0.417 e. The van der Waals surface area contributed by atoms with Crippen LogP contribution in [0.2, 0.25) is 0 Å². The molecule has 2 aliphatic heterocycles. The minimum atomic E-state index is -4.34. The van der Waals surface area contributed by atoms with E-state index in [1.54, 1.807) is 0 Å². The predicted octanol–water partition coefficient (Wildman–Crippen LogP) is 4.92. The number of nitrogens with one attached hydrogen (secondary N) is 1. The Morgan fingerprint density at radius 1 is 1.39 bits per heavy atom. The van der Waals surface area contributed by atoms with Crippen LogP contribution in [-0.4, -0.2) is 29.5 Å². The van der Waals surface area contributed by atoms with Crippen LogP contribution in [0.15, 0.2) is 24.0 Å². The van der Waals surface area contributed by atoms with Gasteiger partial charge in [-0.15, -0.1) is 0 Å². The van der Waals surface area contributed by atoms with Gasteiger partial charge < -0.3 is 10.2 Å². The highest BCUT2D eigenvalue weighted by molar-refractivity contribution is 5.31. The lowest BCUT2D eigenvalue weighted by molar-refractivity contribution is -0.137. The van der Waals surface area contributed by atoms with Gasteiger partial charge in [0.05, 0.1) is 5.56 Å². The summed E-state index contributed by atoms with van der Waals surface area (Å²) in [6.45, 7) is 5.57. The molecule has 1 saturated heterocycles. The highest BCUT2D eigenvalue weighted by atomic mass is 19.4. The molecule has 1 aliphatic carbocycles. The third kappa shape index (κ3) is 4.07. The van der Waals surface area contributed by atoms with E-state index < -0.39 is 11.7 Å². The van der Waals surface area contributed by atoms with Crippen LogP contribution in [-0.2, 0) is 19.1 Å². The number of fused-ring (bicyclic) bond motifs is 1. The molecule has 0 amide bonds. The van der Waals surface area contributed by atoms with Gasteiger partial charge in [0.2, 0.25) is 0 Å².